The number of hydrogen-bond acceptors (Lipinski definition) is 37. The minimum atomic E-state index is -1.82. The van der Waals surface area contributed by atoms with Crippen LogP contribution in [0.1, 0.15) is 57.2 Å². The Morgan fingerprint density at radius 3 is 1.04 bits per heavy atom. The van der Waals surface area contributed by atoms with Crippen molar-refractivity contribution in [3.05, 3.63) is 47.0 Å². The number of amides is 1. The number of aliphatic hydroxyl groups is 2. The number of rotatable bonds is 13. The zero-order valence-corrected chi connectivity index (χ0v) is 61.6. The molecule has 0 bridgehead atoms. The Morgan fingerprint density at radius 1 is 0.480 bits per heavy atom. The lowest BCUT2D eigenvalue weighted by Crippen LogP contribution is -2.34. The number of aliphatic carboxylic acids is 27. The monoisotopic (exact) mass is 1840 g/mol. The summed E-state index contributed by atoms with van der Waals surface area (Å²) in [6.45, 7) is 3.17. The third-order valence-corrected chi connectivity index (χ3v) is 10.4. The number of carbonyl (C=O) groups is 29. The number of methoxy groups -OCH3 is 1. The van der Waals surface area contributed by atoms with Crippen LogP contribution >= 0.6 is 11.6 Å². The molecule has 5 atom stereocenters. The highest BCUT2D eigenvalue weighted by atomic mass is 35.5. The first-order chi connectivity index (χ1) is 56.5. The molecule has 2 aliphatic rings. The molecule has 66 nitrogen and oxygen atoms in total. The second-order valence-electron chi connectivity index (χ2n) is 19.1. The van der Waals surface area contributed by atoms with E-state index in [1.807, 2.05) is 24.3 Å². The van der Waals surface area contributed by atoms with Gasteiger partial charge in [-0.15, -0.1) is 0 Å². The molecule has 696 valence electrons. The zero-order valence-electron chi connectivity index (χ0n) is 60.8. The number of carboxylic acids is 27. The van der Waals surface area contributed by atoms with E-state index in [-0.39, 0.29) is 24.5 Å². The van der Waals surface area contributed by atoms with Crippen LogP contribution in [0, 0.1) is 23.2 Å². The van der Waals surface area contributed by atoms with Gasteiger partial charge in [0.05, 0.1) is 30.6 Å². The maximum atomic E-state index is 11.9. The van der Waals surface area contributed by atoms with E-state index < -0.39 is 185 Å². The van der Waals surface area contributed by atoms with E-state index >= 15 is 0 Å². The fourth-order valence-electron chi connectivity index (χ4n) is 5.64. The van der Waals surface area contributed by atoms with Crippen molar-refractivity contribution < 1.29 is 292 Å². The second kappa shape index (κ2) is 71.4. The summed E-state index contributed by atoms with van der Waals surface area (Å²) in [5.74, 6) is -41.7. The van der Waals surface area contributed by atoms with Gasteiger partial charge in [0.15, 0.2) is 17.0 Å². The number of aldehydes is 1. The smallest absolute Gasteiger partial charge is 0.414 e. The van der Waals surface area contributed by atoms with E-state index in [1.165, 1.54) is 0 Å². The van der Waals surface area contributed by atoms with Crippen LogP contribution in [0.2, 0.25) is 5.28 Å². The Balaban J connectivity index is -0.000000143. The molecule has 2 heterocycles. The number of unbranched alkanes of at least 4 members (excludes halogenated alkanes) is 1. The first-order valence-electron chi connectivity index (χ1n) is 29.2. The van der Waals surface area contributed by atoms with Crippen molar-refractivity contribution in [3.63, 3.8) is 0 Å². The number of carboxylic acid groups (broad SMARTS) is 27. The van der Waals surface area contributed by atoms with Gasteiger partial charge in [0.1, 0.15) is 12.4 Å². The highest BCUT2D eigenvalue weighted by Gasteiger charge is 2.72. The topological polar surface area (TPSA) is 1170 Å². The van der Waals surface area contributed by atoms with Gasteiger partial charge in [-0.05, 0) is 48.1 Å². The Hall–Kier alpha value is -17.9. The fourth-order valence-corrected chi connectivity index (χ4v) is 5.80. The minimum Gasteiger partial charge on any atom is -0.481 e. The first-order valence-corrected chi connectivity index (χ1v) is 29.6. The Bertz CT molecular complexity index is 3680. The molecule has 3 aromatic rings. The van der Waals surface area contributed by atoms with Crippen molar-refractivity contribution in [2.24, 2.45) is 11.3 Å². The molecule has 2 fully saturated rings. The molecule has 2 aromatic heterocycles. The van der Waals surface area contributed by atoms with Crippen LogP contribution in [0.5, 0.6) is 0 Å². The van der Waals surface area contributed by atoms with E-state index in [2.05, 4.69) is 42.7 Å². The van der Waals surface area contributed by atoms with Gasteiger partial charge in [0.25, 0.3) is 5.97 Å². The summed E-state index contributed by atoms with van der Waals surface area (Å²) in [4.78, 5) is 282. The molecule has 67 heteroatoms. The predicted molar refractivity (Wildman–Crippen MR) is 374 cm³/mol. The summed E-state index contributed by atoms with van der Waals surface area (Å²) in [6, 6.07) is 7.24. The Kier molecular flexibility index (Phi) is 74.6. The van der Waals surface area contributed by atoms with Crippen molar-refractivity contribution in [1.29, 1.82) is 0 Å². The van der Waals surface area contributed by atoms with E-state index in [4.69, 9.17) is 284 Å². The number of anilines is 1. The van der Waals surface area contributed by atoms with Gasteiger partial charge in [-0.3, -0.25) is 14.9 Å². The lowest BCUT2D eigenvalue weighted by atomic mass is 10.0. The molecule has 1 aromatic carbocycles. The van der Waals surface area contributed by atoms with Gasteiger partial charge in [0, 0.05) is 52.1 Å². The number of aromatic nitrogens is 4. The maximum absolute atomic E-state index is 11.9. The molecule has 1 amide bonds. The van der Waals surface area contributed by atoms with Crippen molar-refractivity contribution >= 4 is 202 Å². The van der Waals surface area contributed by atoms with Gasteiger partial charge < -0.3 is 173 Å². The Labute approximate surface area is 689 Å². The third-order valence-electron chi connectivity index (χ3n) is 10.2. The average molecular weight is 1840 g/mol. The molecule has 125 heavy (non-hydrogen) atoms. The van der Waals surface area contributed by atoms with Crippen LogP contribution in [0.15, 0.2) is 30.6 Å². The Morgan fingerprint density at radius 2 is 0.776 bits per heavy atom. The summed E-state index contributed by atoms with van der Waals surface area (Å²) in [6.07, 6.45) is 2.26. The van der Waals surface area contributed by atoms with Crippen LogP contribution in [-0.4, -0.2) is 380 Å². The molecule has 0 saturated heterocycles. The molecule has 0 radical (unpaired) electrons. The maximum Gasteiger partial charge on any atom is 0.414 e. The normalized spacial score (nSPS) is 12.9. The highest BCUT2D eigenvalue weighted by Crippen LogP contribution is 2.66. The molecule has 32 N–H and O–H groups in total. The fraction of sp³-hybridized carbons (Fsp3) is 0.276. The average Bonchev–Trinajstić information content (AvgIpc) is 1.52. The standard InChI is InChI=1S/C29H34ClN7O5.13C2H2O4.C2H4O2.CH4/c1-42-17-31-10-11-32-21(39)9-4-2-3-6-18-7-5-8-19(12-18)14-33-26-22-27(36-28(30)35-26)37(16-34-22)23-20-13-29(20,15-38)25(41)24(23)40;13*3-1(4)2(5)6;1-2(3)4;/h5,7-8,12,15-16,20,23-25,31,40-41H,2,4,9-11,13-14,17H2,1H3,(H,32,39)(H,33,35,36);13*(H,3,4)(H,5,6);1H3,(H,3,4);1H4/t20-,23-,24-,25?,29+;;;;;;;;;;;;;;;/m1.............../s1. The minimum absolute atomic E-state index is 0. The largest absolute Gasteiger partial charge is 0.481 e. The lowest BCUT2D eigenvalue weighted by Gasteiger charge is -2.22. The number of hydrogen-bond donors (Lipinski definition) is 32. The molecule has 5 rings (SSSR count). The molecular formula is C58H68ClN7O59. The zero-order chi connectivity index (χ0) is 100. The number of carbonyl (C=O) groups excluding carboxylic acids is 2. The number of fused-ring (bicyclic) bond motifs is 2. The van der Waals surface area contributed by atoms with Crippen molar-refractivity contribution in [3.8, 4) is 11.8 Å². The van der Waals surface area contributed by atoms with E-state index in [0.717, 1.165) is 24.3 Å². The molecule has 1 unspecified atom stereocenters. The number of benzene rings is 1. The quantitative estimate of drug-likeness (QED) is 0.0189. The van der Waals surface area contributed by atoms with Crippen LogP contribution in [-0.2, 0) is 150 Å². The second-order valence-corrected chi connectivity index (χ2v) is 19.4. The van der Waals surface area contributed by atoms with Crippen LogP contribution in [0.3, 0.4) is 0 Å². The van der Waals surface area contributed by atoms with Crippen LogP contribution in [0.4, 0.5) is 5.82 Å². The number of aliphatic hydroxyl groups excluding tert-OH is 2. The number of nitrogens with zero attached hydrogens (tertiary/aromatic N) is 4. The summed E-state index contributed by atoms with van der Waals surface area (Å²) in [5, 5.41) is 230. The van der Waals surface area contributed by atoms with Gasteiger partial charge in [-0.2, -0.15) is 9.97 Å². The summed E-state index contributed by atoms with van der Waals surface area (Å²) >= 11 is 6.26. The van der Waals surface area contributed by atoms with Crippen LogP contribution < -0.4 is 16.0 Å². The van der Waals surface area contributed by atoms with Gasteiger partial charge >= 0.3 is 155 Å². The van der Waals surface area contributed by atoms with Gasteiger partial charge in [0.2, 0.25) is 11.2 Å². The molecule has 2 saturated carbocycles. The van der Waals surface area contributed by atoms with E-state index in [0.29, 0.717) is 69.0 Å². The van der Waals surface area contributed by atoms with E-state index in [9.17, 15) is 19.8 Å². The molecule has 0 spiro atoms. The van der Waals surface area contributed by atoms with Gasteiger partial charge in [-0.1, -0.05) is 31.4 Å². The molecular weight excluding hydrogens is 1770 g/mol. The molecule has 0 aliphatic heterocycles. The van der Waals surface area contributed by atoms with Crippen molar-refractivity contribution in [2.45, 2.75) is 64.8 Å². The summed E-state index contributed by atoms with van der Waals surface area (Å²) in [5.41, 5.74) is 1.79. The predicted octanol–water partition coefficient (Wildman–Crippen LogP) is -8.85. The van der Waals surface area contributed by atoms with Crippen LogP contribution in [0.25, 0.3) is 11.2 Å². The lowest BCUT2D eigenvalue weighted by molar-refractivity contribution is -0.159. The highest BCUT2D eigenvalue weighted by molar-refractivity contribution is 6.32. The molecule has 2 aliphatic carbocycles. The van der Waals surface area contributed by atoms with Crippen molar-refractivity contribution in [2.75, 3.05) is 32.2 Å². The number of ether oxygens (including phenoxy) is 1. The summed E-state index contributed by atoms with van der Waals surface area (Å²) < 4.78 is 6.58. The van der Waals surface area contributed by atoms with Crippen molar-refractivity contribution in [1.82, 2.24) is 30.2 Å². The summed E-state index contributed by atoms with van der Waals surface area (Å²) in [7, 11) is 1.61. The first kappa shape index (κ1) is 131. The number of imidazole rings is 1. The van der Waals surface area contributed by atoms with E-state index in [1.54, 1.807) is 18.0 Å². The number of nitrogens with one attached hydrogen (secondary N) is 3. The SMILES string of the molecule is C.CC(=O)O.COCNCCNC(=O)CCCC#Cc1cccc(CNc2nc(Cl)nc3c2ncn3[C@@H]2[C@H]3C[C@@]3(C=O)C(O)[C@@H]2O)c1.O=C(O)C(=O)O.O=C(O)C(=O)O.O=C(O)C(=O)O.O=C(O)C(=O)O.O=C(O)C(=O)O.O=C(O)C(=O)O.O=C(O)C(=O)O.O=C(O)C(=O)O.O=C(O)C(=O)O.O=C(O)C(=O)O.O=C(O)C(=O)O.O=C(O)C(=O)O.O=C(O)C(=O)O. The third kappa shape index (κ3) is 75.9. The van der Waals surface area contributed by atoms with Gasteiger partial charge in [-0.25, -0.2) is 130 Å². The number of halogens is 1.